The number of nitrogens with two attached hydrogens (primary N) is 1. The highest BCUT2D eigenvalue weighted by Crippen LogP contribution is 2.28. The average Bonchev–Trinajstić information content (AvgIpc) is 3.51. The number of amides is 1. The first-order valence-electron chi connectivity index (χ1n) is 9.70. The van der Waals surface area contributed by atoms with Gasteiger partial charge in [-0.3, -0.25) is 4.79 Å². The van der Waals surface area contributed by atoms with E-state index in [0.29, 0.717) is 44.3 Å². The number of hydrogen-bond donors (Lipinski definition) is 2. The Balaban J connectivity index is 0.00000280. The van der Waals surface area contributed by atoms with Crippen molar-refractivity contribution in [3.63, 3.8) is 0 Å². The molecule has 2 fully saturated rings. The van der Waals surface area contributed by atoms with Crippen LogP contribution in [0.1, 0.15) is 42.5 Å². The fourth-order valence-corrected chi connectivity index (χ4v) is 4.33. The van der Waals surface area contributed by atoms with Crippen molar-refractivity contribution < 1.29 is 17.9 Å². The van der Waals surface area contributed by atoms with Crippen LogP contribution in [0.15, 0.2) is 29.2 Å². The van der Waals surface area contributed by atoms with Crippen LogP contribution in [0.5, 0.6) is 0 Å². The number of ether oxygens (including phenoxy) is 1. The second-order valence-electron chi connectivity index (χ2n) is 7.33. The summed E-state index contributed by atoms with van der Waals surface area (Å²) in [4.78, 5) is 14.7. The minimum Gasteiger partial charge on any atom is -0.378 e. The lowest BCUT2D eigenvalue weighted by atomic mass is 10.1. The second kappa shape index (κ2) is 10.5. The smallest absolute Gasteiger partial charge is 0.253 e. The summed E-state index contributed by atoms with van der Waals surface area (Å²) in [6.45, 7) is 2.97. The maximum atomic E-state index is 12.8. The Kier molecular flexibility index (Phi) is 8.70. The Morgan fingerprint density at radius 2 is 1.93 bits per heavy atom. The Hall–Kier alpha value is -1.19. The number of piperidine rings is 1. The molecule has 0 atom stereocenters. The molecule has 1 saturated heterocycles. The summed E-state index contributed by atoms with van der Waals surface area (Å²) >= 11 is 0. The van der Waals surface area contributed by atoms with Crippen LogP contribution in [0.2, 0.25) is 0 Å². The Morgan fingerprint density at radius 1 is 1.21 bits per heavy atom. The van der Waals surface area contributed by atoms with Gasteiger partial charge in [0.25, 0.3) is 5.91 Å². The third-order valence-electron chi connectivity index (χ3n) is 5.08. The highest BCUT2D eigenvalue weighted by atomic mass is 35.5. The predicted octanol–water partition coefficient (Wildman–Crippen LogP) is 1.77. The molecule has 1 aliphatic heterocycles. The van der Waals surface area contributed by atoms with Crippen LogP contribution in [-0.4, -0.2) is 58.1 Å². The predicted molar refractivity (Wildman–Crippen MR) is 110 cm³/mol. The Bertz CT molecular complexity index is 747. The van der Waals surface area contributed by atoms with Gasteiger partial charge in [0.1, 0.15) is 0 Å². The van der Waals surface area contributed by atoms with Gasteiger partial charge >= 0.3 is 0 Å². The van der Waals surface area contributed by atoms with E-state index in [-0.39, 0.29) is 29.3 Å². The molecule has 1 aliphatic carbocycles. The van der Waals surface area contributed by atoms with Crippen LogP contribution in [0, 0.1) is 5.92 Å². The molecule has 158 valence electrons. The molecular weight excluding hydrogens is 402 g/mol. The van der Waals surface area contributed by atoms with Gasteiger partial charge in [-0.25, -0.2) is 13.1 Å². The van der Waals surface area contributed by atoms with E-state index in [1.54, 1.807) is 17.0 Å². The number of halogens is 1. The number of likely N-dealkylation sites (tertiary alicyclic amines) is 1. The van der Waals surface area contributed by atoms with Crippen molar-refractivity contribution in [1.29, 1.82) is 0 Å². The van der Waals surface area contributed by atoms with Crippen LogP contribution in [0.3, 0.4) is 0 Å². The van der Waals surface area contributed by atoms with Gasteiger partial charge in [-0.15, -0.1) is 12.4 Å². The Morgan fingerprint density at radius 3 is 2.57 bits per heavy atom. The van der Waals surface area contributed by atoms with Gasteiger partial charge in [0.15, 0.2) is 0 Å². The Labute approximate surface area is 173 Å². The van der Waals surface area contributed by atoms with E-state index in [4.69, 9.17) is 10.5 Å². The fourth-order valence-electron chi connectivity index (χ4n) is 3.17. The van der Waals surface area contributed by atoms with Crippen molar-refractivity contribution in [2.45, 2.75) is 43.1 Å². The molecule has 0 bridgehead atoms. The molecule has 28 heavy (non-hydrogen) atoms. The van der Waals surface area contributed by atoms with Crippen LogP contribution in [-0.2, 0) is 14.8 Å². The SMILES string of the molecule is Cl.NCCCOC1CCN(C(=O)c2cccc(S(=O)(=O)NCC3CC3)c2)CC1. The number of carbonyl (C=O) groups is 1. The maximum Gasteiger partial charge on any atom is 0.253 e. The molecule has 1 aromatic rings. The normalized spacial score (nSPS) is 18.0. The molecule has 0 aromatic heterocycles. The zero-order valence-corrected chi connectivity index (χ0v) is 17.6. The van der Waals surface area contributed by atoms with Crippen LogP contribution >= 0.6 is 12.4 Å². The van der Waals surface area contributed by atoms with E-state index < -0.39 is 10.0 Å². The third kappa shape index (κ3) is 6.42. The molecule has 0 unspecified atom stereocenters. The summed E-state index contributed by atoms with van der Waals surface area (Å²) in [5.41, 5.74) is 5.88. The molecule has 1 aromatic carbocycles. The number of nitrogens with one attached hydrogen (secondary N) is 1. The molecule has 3 N–H and O–H groups in total. The number of sulfonamides is 1. The lowest BCUT2D eigenvalue weighted by Crippen LogP contribution is -2.41. The molecule has 2 aliphatic rings. The van der Waals surface area contributed by atoms with Gasteiger partial charge in [0.05, 0.1) is 11.0 Å². The standard InChI is InChI=1S/C19H29N3O4S.ClH/c20-9-2-12-26-17-7-10-22(11-8-17)19(23)16-3-1-4-18(13-16)27(24,25)21-14-15-5-6-15;/h1,3-4,13,15,17,21H,2,5-12,14,20H2;1H. The number of carbonyl (C=O) groups excluding carboxylic acids is 1. The summed E-state index contributed by atoms with van der Waals surface area (Å²) in [5, 5.41) is 0. The minimum absolute atomic E-state index is 0. The highest BCUT2D eigenvalue weighted by Gasteiger charge is 2.26. The van der Waals surface area contributed by atoms with Crippen molar-refractivity contribution in [3.05, 3.63) is 29.8 Å². The van der Waals surface area contributed by atoms with Gasteiger partial charge in [-0.1, -0.05) is 6.07 Å². The number of nitrogens with zero attached hydrogens (tertiary/aromatic N) is 1. The minimum atomic E-state index is -3.57. The van der Waals surface area contributed by atoms with E-state index in [2.05, 4.69) is 4.72 Å². The molecule has 0 radical (unpaired) electrons. The summed E-state index contributed by atoms with van der Waals surface area (Å²) in [6.07, 6.45) is 4.74. The van der Waals surface area contributed by atoms with Crippen molar-refractivity contribution in [2.75, 3.05) is 32.8 Å². The van der Waals surface area contributed by atoms with E-state index in [1.165, 1.54) is 12.1 Å². The lowest BCUT2D eigenvalue weighted by molar-refractivity contribution is 0.00844. The first kappa shape index (κ1) is 23.1. The first-order valence-corrected chi connectivity index (χ1v) is 11.2. The van der Waals surface area contributed by atoms with Crippen LogP contribution in [0.4, 0.5) is 0 Å². The molecular formula is C19H30ClN3O4S. The fraction of sp³-hybridized carbons (Fsp3) is 0.632. The maximum absolute atomic E-state index is 12.8. The van der Waals surface area contributed by atoms with Gasteiger partial charge in [-0.05, 0) is 62.8 Å². The molecule has 0 spiro atoms. The van der Waals surface area contributed by atoms with Gasteiger partial charge in [-0.2, -0.15) is 0 Å². The number of rotatable bonds is 9. The van der Waals surface area contributed by atoms with E-state index in [1.807, 2.05) is 0 Å². The van der Waals surface area contributed by atoms with Crippen LogP contribution in [0.25, 0.3) is 0 Å². The lowest BCUT2D eigenvalue weighted by Gasteiger charge is -2.32. The quantitative estimate of drug-likeness (QED) is 0.580. The van der Waals surface area contributed by atoms with Gasteiger partial charge in [0.2, 0.25) is 10.0 Å². The van der Waals surface area contributed by atoms with Gasteiger partial charge in [0, 0.05) is 31.8 Å². The summed E-state index contributed by atoms with van der Waals surface area (Å²) in [7, 11) is -3.57. The first-order chi connectivity index (χ1) is 13.0. The molecule has 1 saturated carbocycles. The number of benzene rings is 1. The zero-order valence-electron chi connectivity index (χ0n) is 16.0. The molecule has 9 heteroatoms. The molecule has 1 heterocycles. The summed E-state index contributed by atoms with van der Waals surface area (Å²) in [6, 6.07) is 6.30. The topological polar surface area (TPSA) is 102 Å². The van der Waals surface area contributed by atoms with Crippen LogP contribution < -0.4 is 10.5 Å². The molecule has 7 nitrogen and oxygen atoms in total. The monoisotopic (exact) mass is 431 g/mol. The van der Waals surface area contributed by atoms with E-state index in [0.717, 1.165) is 32.1 Å². The van der Waals surface area contributed by atoms with Crippen molar-refractivity contribution >= 4 is 28.3 Å². The highest BCUT2D eigenvalue weighted by molar-refractivity contribution is 7.89. The number of hydrogen-bond acceptors (Lipinski definition) is 5. The van der Waals surface area contributed by atoms with Crippen molar-refractivity contribution in [3.8, 4) is 0 Å². The van der Waals surface area contributed by atoms with E-state index in [9.17, 15) is 13.2 Å². The second-order valence-corrected chi connectivity index (χ2v) is 9.09. The van der Waals surface area contributed by atoms with Crippen molar-refractivity contribution in [1.82, 2.24) is 9.62 Å². The zero-order chi connectivity index (χ0) is 19.3. The van der Waals surface area contributed by atoms with Gasteiger partial charge < -0.3 is 15.4 Å². The average molecular weight is 432 g/mol. The van der Waals surface area contributed by atoms with E-state index >= 15 is 0 Å². The summed E-state index contributed by atoms with van der Waals surface area (Å²) < 4.78 is 33.2. The molecule has 3 rings (SSSR count). The van der Waals surface area contributed by atoms with Crippen molar-refractivity contribution in [2.24, 2.45) is 11.7 Å². The largest absolute Gasteiger partial charge is 0.378 e. The molecule has 1 amide bonds. The summed E-state index contributed by atoms with van der Waals surface area (Å²) in [5.74, 6) is 0.326. The third-order valence-corrected chi connectivity index (χ3v) is 6.50.